The fraction of sp³-hybridized carbons (Fsp3) is 0.133. The van der Waals surface area contributed by atoms with Crippen molar-refractivity contribution in [2.45, 2.75) is 6.92 Å². The van der Waals surface area contributed by atoms with E-state index in [0.717, 1.165) is 18.2 Å². The zero-order chi connectivity index (χ0) is 15.4. The Kier molecular flexibility index (Phi) is 4.37. The van der Waals surface area contributed by atoms with Crippen LogP contribution < -0.4 is 10.5 Å². The highest BCUT2D eigenvalue weighted by molar-refractivity contribution is 5.95. The molecular formula is C15H13F2NO3. The molecule has 0 spiro atoms. The highest BCUT2D eigenvalue weighted by atomic mass is 19.1. The highest BCUT2D eigenvalue weighted by Gasteiger charge is 2.13. The van der Waals surface area contributed by atoms with Crippen molar-refractivity contribution in [3.63, 3.8) is 0 Å². The van der Waals surface area contributed by atoms with E-state index >= 15 is 0 Å². The van der Waals surface area contributed by atoms with Crippen LogP contribution >= 0.6 is 0 Å². The van der Waals surface area contributed by atoms with Gasteiger partial charge in [-0.1, -0.05) is 0 Å². The van der Waals surface area contributed by atoms with Crippen LogP contribution in [0.15, 0.2) is 36.4 Å². The number of carbonyl (C=O) groups is 1. The van der Waals surface area contributed by atoms with Crippen molar-refractivity contribution in [3.8, 4) is 11.5 Å². The van der Waals surface area contributed by atoms with E-state index in [-0.39, 0.29) is 29.4 Å². The number of hydrogen-bond acceptors (Lipinski definition) is 4. The topological polar surface area (TPSA) is 61.5 Å². The average Bonchev–Trinajstić information content (AvgIpc) is 2.40. The van der Waals surface area contributed by atoms with Crippen molar-refractivity contribution in [2.75, 3.05) is 12.3 Å². The van der Waals surface area contributed by atoms with Crippen LogP contribution in [0, 0.1) is 11.6 Å². The second-order valence-corrected chi connectivity index (χ2v) is 4.18. The maximum Gasteiger partial charge on any atom is 0.340 e. The number of anilines is 1. The molecule has 0 atom stereocenters. The van der Waals surface area contributed by atoms with Crippen molar-refractivity contribution in [1.82, 2.24) is 0 Å². The second-order valence-electron chi connectivity index (χ2n) is 4.18. The molecule has 2 rings (SSSR count). The molecule has 0 aliphatic heterocycles. The molecule has 0 saturated heterocycles. The monoisotopic (exact) mass is 293 g/mol. The van der Waals surface area contributed by atoms with Crippen molar-refractivity contribution in [1.29, 1.82) is 0 Å². The lowest BCUT2D eigenvalue weighted by Gasteiger charge is -2.10. The van der Waals surface area contributed by atoms with Gasteiger partial charge in [-0.3, -0.25) is 0 Å². The number of ether oxygens (including phenoxy) is 2. The van der Waals surface area contributed by atoms with Gasteiger partial charge < -0.3 is 15.2 Å². The number of benzene rings is 2. The molecular weight excluding hydrogens is 280 g/mol. The highest BCUT2D eigenvalue weighted by Crippen LogP contribution is 2.26. The molecule has 21 heavy (non-hydrogen) atoms. The quantitative estimate of drug-likeness (QED) is 0.692. The Morgan fingerprint density at radius 1 is 1.10 bits per heavy atom. The van der Waals surface area contributed by atoms with Gasteiger partial charge in [0, 0.05) is 23.9 Å². The van der Waals surface area contributed by atoms with E-state index in [1.54, 1.807) is 6.92 Å². The van der Waals surface area contributed by atoms with E-state index in [1.807, 2.05) is 0 Å². The van der Waals surface area contributed by atoms with Gasteiger partial charge in [0.15, 0.2) is 0 Å². The maximum absolute atomic E-state index is 13.1. The van der Waals surface area contributed by atoms with E-state index in [2.05, 4.69) is 0 Å². The fourth-order valence-corrected chi connectivity index (χ4v) is 1.71. The number of rotatable bonds is 4. The molecule has 4 nitrogen and oxygen atoms in total. The van der Waals surface area contributed by atoms with Gasteiger partial charge in [-0.05, 0) is 25.1 Å². The summed E-state index contributed by atoms with van der Waals surface area (Å²) in [7, 11) is 0. The molecule has 0 amide bonds. The molecule has 0 aliphatic rings. The molecule has 6 heteroatoms. The van der Waals surface area contributed by atoms with Crippen LogP contribution in [-0.2, 0) is 4.74 Å². The molecule has 0 heterocycles. The lowest BCUT2D eigenvalue weighted by Crippen LogP contribution is -2.08. The summed E-state index contributed by atoms with van der Waals surface area (Å²) in [5.74, 6) is -1.91. The SMILES string of the molecule is CCOC(=O)c1cc(Oc2cc(F)cc(F)c2)ccc1N. The molecule has 2 N–H and O–H groups in total. The van der Waals surface area contributed by atoms with Crippen LogP contribution in [0.1, 0.15) is 17.3 Å². The first-order valence-electron chi connectivity index (χ1n) is 6.20. The van der Waals surface area contributed by atoms with Crippen molar-refractivity contribution in [2.24, 2.45) is 0 Å². The molecule has 2 aromatic carbocycles. The van der Waals surface area contributed by atoms with Gasteiger partial charge in [0.1, 0.15) is 23.1 Å². The van der Waals surface area contributed by atoms with Crippen LogP contribution in [0.25, 0.3) is 0 Å². The Hall–Kier alpha value is -2.63. The Bertz CT molecular complexity index is 654. The minimum atomic E-state index is -0.758. The third-order valence-corrected chi connectivity index (χ3v) is 2.59. The first kappa shape index (κ1) is 14.8. The lowest BCUT2D eigenvalue weighted by atomic mass is 10.1. The molecule has 0 bridgehead atoms. The normalized spacial score (nSPS) is 10.2. The fourth-order valence-electron chi connectivity index (χ4n) is 1.71. The van der Waals surface area contributed by atoms with E-state index in [1.165, 1.54) is 18.2 Å². The summed E-state index contributed by atoms with van der Waals surface area (Å²) in [5, 5.41) is 0. The van der Waals surface area contributed by atoms with E-state index in [0.29, 0.717) is 0 Å². The molecule has 0 aromatic heterocycles. The average molecular weight is 293 g/mol. The first-order chi connectivity index (χ1) is 9.99. The summed E-state index contributed by atoms with van der Waals surface area (Å²) in [6.07, 6.45) is 0. The standard InChI is InChI=1S/C15H13F2NO3/c1-2-20-15(19)13-8-11(3-4-14(13)18)21-12-6-9(16)5-10(17)7-12/h3-8H,2,18H2,1H3. The summed E-state index contributed by atoms with van der Waals surface area (Å²) in [4.78, 5) is 11.7. The number of nitrogens with two attached hydrogens (primary N) is 1. The molecule has 0 aliphatic carbocycles. The predicted octanol–water partition coefficient (Wildman–Crippen LogP) is 3.52. The van der Waals surface area contributed by atoms with Gasteiger partial charge in [0.2, 0.25) is 0 Å². The van der Waals surface area contributed by atoms with Crippen molar-refractivity contribution < 1.29 is 23.0 Å². The third-order valence-electron chi connectivity index (χ3n) is 2.59. The first-order valence-corrected chi connectivity index (χ1v) is 6.20. The van der Waals surface area contributed by atoms with Gasteiger partial charge in [-0.2, -0.15) is 0 Å². The number of esters is 1. The molecule has 0 unspecified atom stereocenters. The van der Waals surface area contributed by atoms with Gasteiger partial charge in [0.25, 0.3) is 0 Å². The van der Waals surface area contributed by atoms with Crippen LogP contribution in [0.3, 0.4) is 0 Å². The van der Waals surface area contributed by atoms with Gasteiger partial charge in [-0.15, -0.1) is 0 Å². The van der Waals surface area contributed by atoms with E-state index < -0.39 is 17.6 Å². The Labute approximate surface area is 120 Å². The van der Waals surface area contributed by atoms with Crippen molar-refractivity contribution >= 4 is 11.7 Å². The van der Waals surface area contributed by atoms with E-state index in [4.69, 9.17) is 15.2 Å². The van der Waals surface area contributed by atoms with Crippen LogP contribution in [-0.4, -0.2) is 12.6 Å². The molecule has 0 radical (unpaired) electrons. The Morgan fingerprint density at radius 3 is 2.38 bits per heavy atom. The summed E-state index contributed by atoms with van der Waals surface area (Å²) < 4.78 is 36.4. The number of hydrogen-bond donors (Lipinski definition) is 1. The van der Waals surface area contributed by atoms with Crippen molar-refractivity contribution in [3.05, 3.63) is 53.6 Å². The Balaban J connectivity index is 2.28. The molecule has 0 saturated carbocycles. The summed E-state index contributed by atoms with van der Waals surface area (Å²) >= 11 is 0. The zero-order valence-electron chi connectivity index (χ0n) is 11.2. The summed E-state index contributed by atoms with van der Waals surface area (Å²) in [6.45, 7) is 1.88. The van der Waals surface area contributed by atoms with Gasteiger partial charge >= 0.3 is 5.97 Å². The number of halogens is 2. The van der Waals surface area contributed by atoms with Crippen LogP contribution in [0.2, 0.25) is 0 Å². The van der Waals surface area contributed by atoms with Crippen LogP contribution in [0.5, 0.6) is 11.5 Å². The number of carbonyl (C=O) groups excluding carboxylic acids is 1. The third kappa shape index (κ3) is 3.68. The van der Waals surface area contributed by atoms with Crippen LogP contribution in [0.4, 0.5) is 14.5 Å². The Morgan fingerprint density at radius 2 is 1.76 bits per heavy atom. The lowest BCUT2D eigenvalue weighted by molar-refractivity contribution is 0.0527. The van der Waals surface area contributed by atoms with Gasteiger partial charge in [0.05, 0.1) is 12.2 Å². The maximum atomic E-state index is 13.1. The van der Waals surface area contributed by atoms with E-state index in [9.17, 15) is 13.6 Å². The molecule has 2 aromatic rings. The largest absolute Gasteiger partial charge is 0.462 e. The molecule has 0 fully saturated rings. The minimum Gasteiger partial charge on any atom is -0.462 e. The summed E-state index contributed by atoms with van der Waals surface area (Å²) in [5.41, 5.74) is 6.04. The van der Waals surface area contributed by atoms with Gasteiger partial charge in [-0.25, -0.2) is 13.6 Å². The minimum absolute atomic E-state index is 0.0212. The zero-order valence-corrected chi connectivity index (χ0v) is 11.2. The second kappa shape index (κ2) is 6.21. The smallest absolute Gasteiger partial charge is 0.340 e. The summed E-state index contributed by atoms with van der Waals surface area (Å²) in [6, 6.07) is 7.10. The molecule has 110 valence electrons. The number of nitrogen functional groups attached to an aromatic ring is 1. The predicted molar refractivity (Wildman–Crippen MR) is 73.2 cm³/mol.